The number of benzene rings is 1. The van der Waals surface area contributed by atoms with E-state index in [-0.39, 0.29) is 10.8 Å². The third kappa shape index (κ3) is 4.89. The Balaban J connectivity index is 1.96. The lowest BCUT2D eigenvalue weighted by molar-refractivity contribution is -0.121. The van der Waals surface area contributed by atoms with Gasteiger partial charge in [-0.3, -0.25) is 4.79 Å². The average Bonchev–Trinajstić information content (AvgIpc) is 2.59. The second kappa shape index (κ2) is 8.24. The SMILES string of the molecule is C=CCCC(=O)NCc1ccc(S(=O)(=O)N2CCOCC2)cc1. The number of nitrogens with one attached hydrogen (secondary N) is 1. The molecule has 0 aromatic heterocycles. The van der Waals surface area contributed by atoms with E-state index < -0.39 is 10.0 Å². The van der Waals surface area contributed by atoms with Crippen LogP contribution in [0.2, 0.25) is 0 Å². The van der Waals surface area contributed by atoms with Crippen molar-refractivity contribution in [1.82, 2.24) is 9.62 Å². The summed E-state index contributed by atoms with van der Waals surface area (Å²) in [6, 6.07) is 6.61. The molecule has 1 aromatic carbocycles. The van der Waals surface area contributed by atoms with E-state index >= 15 is 0 Å². The summed E-state index contributed by atoms with van der Waals surface area (Å²) in [6.45, 7) is 5.56. The van der Waals surface area contributed by atoms with Crippen molar-refractivity contribution < 1.29 is 17.9 Å². The van der Waals surface area contributed by atoms with Crippen molar-refractivity contribution in [2.24, 2.45) is 0 Å². The van der Waals surface area contributed by atoms with Gasteiger partial charge in [-0.15, -0.1) is 6.58 Å². The molecule has 0 atom stereocenters. The Morgan fingerprint density at radius 1 is 1.26 bits per heavy atom. The highest BCUT2D eigenvalue weighted by atomic mass is 32.2. The van der Waals surface area contributed by atoms with Gasteiger partial charge in [-0.2, -0.15) is 4.31 Å². The van der Waals surface area contributed by atoms with E-state index in [0.717, 1.165) is 5.56 Å². The minimum Gasteiger partial charge on any atom is -0.379 e. The first-order valence-corrected chi connectivity index (χ1v) is 9.02. The molecule has 2 rings (SSSR count). The van der Waals surface area contributed by atoms with Crippen molar-refractivity contribution in [3.05, 3.63) is 42.5 Å². The number of sulfonamides is 1. The lowest BCUT2D eigenvalue weighted by Gasteiger charge is -2.26. The van der Waals surface area contributed by atoms with Crippen LogP contribution in [0.15, 0.2) is 41.8 Å². The van der Waals surface area contributed by atoms with E-state index in [4.69, 9.17) is 4.74 Å². The second-order valence-corrected chi connectivity index (χ2v) is 7.20. The van der Waals surface area contributed by atoms with Gasteiger partial charge in [0.25, 0.3) is 0 Å². The summed E-state index contributed by atoms with van der Waals surface area (Å²) in [6.07, 6.45) is 2.75. The molecule has 1 saturated heterocycles. The quantitative estimate of drug-likeness (QED) is 0.760. The van der Waals surface area contributed by atoms with E-state index in [2.05, 4.69) is 11.9 Å². The van der Waals surface area contributed by atoms with E-state index in [9.17, 15) is 13.2 Å². The number of amides is 1. The molecule has 126 valence electrons. The van der Waals surface area contributed by atoms with Gasteiger partial charge in [0.2, 0.25) is 15.9 Å². The zero-order valence-corrected chi connectivity index (χ0v) is 13.8. The third-order valence-electron chi connectivity index (χ3n) is 3.60. The van der Waals surface area contributed by atoms with E-state index in [1.165, 1.54) is 4.31 Å². The van der Waals surface area contributed by atoms with Gasteiger partial charge in [0, 0.05) is 26.1 Å². The van der Waals surface area contributed by atoms with E-state index in [1.54, 1.807) is 30.3 Å². The lowest BCUT2D eigenvalue weighted by Crippen LogP contribution is -2.40. The predicted molar refractivity (Wildman–Crippen MR) is 87.3 cm³/mol. The van der Waals surface area contributed by atoms with Gasteiger partial charge in [-0.1, -0.05) is 18.2 Å². The molecule has 1 amide bonds. The molecule has 1 N–H and O–H groups in total. The molecule has 0 saturated carbocycles. The largest absolute Gasteiger partial charge is 0.379 e. The molecule has 1 aliphatic heterocycles. The molecule has 0 radical (unpaired) electrons. The number of hydrogen-bond acceptors (Lipinski definition) is 4. The summed E-state index contributed by atoms with van der Waals surface area (Å²) in [5.74, 6) is -0.0464. The van der Waals surface area contributed by atoms with Crippen LogP contribution in [0.4, 0.5) is 0 Å². The van der Waals surface area contributed by atoms with Gasteiger partial charge >= 0.3 is 0 Å². The van der Waals surface area contributed by atoms with Gasteiger partial charge in [-0.25, -0.2) is 8.42 Å². The molecule has 0 unspecified atom stereocenters. The monoisotopic (exact) mass is 338 g/mol. The van der Waals surface area contributed by atoms with Crippen molar-refractivity contribution in [3.8, 4) is 0 Å². The molecule has 0 bridgehead atoms. The second-order valence-electron chi connectivity index (χ2n) is 5.26. The molecule has 0 aliphatic carbocycles. The Morgan fingerprint density at radius 2 is 1.91 bits per heavy atom. The zero-order chi connectivity index (χ0) is 16.7. The zero-order valence-electron chi connectivity index (χ0n) is 13.0. The van der Waals surface area contributed by atoms with Crippen LogP contribution in [0, 0.1) is 0 Å². The number of nitrogens with zero attached hydrogens (tertiary/aromatic N) is 1. The Hall–Kier alpha value is -1.70. The highest BCUT2D eigenvalue weighted by Crippen LogP contribution is 2.17. The van der Waals surface area contributed by atoms with Crippen molar-refractivity contribution >= 4 is 15.9 Å². The summed E-state index contributed by atoms with van der Waals surface area (Å²) < 4.78 is 31.6. The van der Waals surface area contributed by atoms with Gasteiger partial charge in [0.05, 0.1) is 18.1 Å². The summed E-state index contributed by atoms with van der Waals surface area (Å²) in [5.41, 5.74) is 0.859. The number of carbonyl (C=O) groups excluding carboxylic acids is 1. The Bertz CT molecular complexity index is 635. The molecule has 0 spiro atoms. The number of hydrogen-bond donors (Lipinski definition) is 1. The number of carbonyl (C=O) groups is 1. The van der Waals surface area contributed by atoms with Crippen LogP contribution < -0.4 is 5.32 Å². The fraction of sp³-hybridized carbons (Fsp3) is 0.438. The predicted octanol–water partition coefficient (Wildman–Crippen LogP) is 1.29. The molecule has 23 heavy (non-hydrogen) atoms. The topological polar surface area (TPSA) is 75.7 Å². The van der Waals surface area contributed by atoms with E-state index in [1.807, 2.05) is 0 Å². The minimum atomic E-state index is -3.47. The van der Waals surface area contributed by atoms with Gasteiger partial charge in [0.1, 0.15) is 0 Å². The Morgan fingerprint density at radius 3 is 2.52 bits per heavy atom. The van der Waals surface area contributed by atoms with Crippen LogP contribution in [-0.2, 0) is 26.1 Å². The fourth-order valence-electron chi connectivity index (χ4n) is 2.24. The summed E-state index contributed by atoms with van der Waals surface area (Å²) in [4.78, 5) is 11.8. The molecule has 6 nitrogen and oxygen atoms in total. The van der Waals surface area contributed by atoms with Crippen LogP contribution >= 0.6 is 0 Å². The Labute approximate surface area is 137 Å². The number of ether oxygens (including phenoxy) is 1. The smallest absolute Gasteiger partial charge is 0.243 e. The van der Waals surface area contributed by atoms with Crippen LogP contribution in [-0.4, -0.2) is 44.9 Å². The maximum absolute atomic E-state index is 12.5. The van der Waals surface area contributed by atoms with Crippen molar-refractivity contribution in [2.75, 3.05) is 26.3 Å². The first-order valence-electron chi connectivity index (χ1n) is 7.58. The summed E-state index contributed by atoms with van der Waals surface area (Å²) >= 11 is 0. The molecular formula is C16H22N2O4S. The van der Waals surface area contributed by atoms with Crippen LogP contribution in [0.1, 0.15) is 18.4 Å². The van der Waals surface area contributed by atoms with Crippen molar-refractivity contribution in [3.63, 3.8) is 0 Å². The maximum Gasteiger partial charge on any atom is 0.243 e. The number of allylic oxidation sites excluding steroid dienone is 1. The van der Waals surface area contributed by atoms with E-state index in [0.29, 0.717) is 45.7 Å². The van der Waals surface area contributed by atoms with Crippen LogP contribution in [0.3, 0.4) is 0 Å². The minimum absolute atomic E-state index is 0.0464. The van der Waals surface area contributed by atoms with Crippen LogP contribution in [0.5, 0.6) is 0 Å². The number of rotatable bonds is 7. The normalized spacial score (nSPS) is 16.0. The third-order valence-corrected chi connectivity index (χ3v) is 5.51. The van der Waals surface area contributed by atoms with Gasteiger partial charge in [-0.05, 0) is 24.1 Å². The molecule has 1 aliphatic rings. The standard InChI is InChI=1S/C16H22N2O4S/c1-2-3-4-16(19)17-13-14-5-7-15(8-6-14)23(20,21)18-9-11-22-12-10-18/h2,5-8H,1,3-4,9-13H2,(H,17,19). The average molecular weight is 338 g/mol. The number of morpholine rings is 1. The summed E-state index contributed by atoms with van der Waals surface area (Å²) in [5, 5.41) is 2.79. The highest BCUT2D eigenvalue weighted by molar-refractivity contribution is 7.89. The van der Waals surface area contributed by atoms with Gasteiger partial charge < -0.3 is 10.1 Å². The lowest BCUT2D eigenvalue weighted by atomic mass is 10.2. The first-order chi connectivity index (χ1) is 11.0. The first kappa shape index (κ1) is 17.7. The Kier molecular flexibility index (Phi) is 6.32. The molecule has 1 heterocycles. The van der Waals surface area contributed by atoms with Crippen molar-refractivity contribution in [1.29, 1.82) is 0 Å². The molecule has 1 fully saturated rings. The molecule has 7 heteroatoms. The summed E-state index contributed by atoms with van der Waals surface area (Å²) in [7, 11) is -3.47. The van der Waals surface area contributed by atoms with Crippen LogP contribution in [0.25, 0.3) is 0 Å². The van der Waals surface area contributed by atoms with Crippen molar-refractivity contribution in [2.45, 2.75) is 24.3 Å². The maximum atomic E-state index is 12.5. The highest BCUT2D eigenvalue weighted by Gasteiger charge is 2.25. The molecule has 1 aromatic rings. The van der Waals surface area contributed by atoms with Gasteiger partial charge in [0.15, 0.2) is 0 Å². The molecular weight excluding hydrogens is 316 g/mol. The fourth-order valence-corrected chi connectivity index (χ4v) is 3.65.